The molecule has 1 aromatic heterocycles. The molecule has 0 aliphatic carbocycles. The highest BCUT2D eigenvalue weighted by atomic mass is 16.2. The molecule has 6 heteroatoms. The van der Waals surface area contributed by atoms with Gasteiger partial charge in [0.25, 0.3) is 5.56 Å². The third kappa shape index (κ3) is 4.18. The minimum absolute atomic E-state index is 0.313. The van der Waals surface area contributed by atoms with Gasteiger partial charge in [-0.25, -0.2) is 9.79 Å². The van der Waals surface area contributed by atoms with Gasteiger partial charge in [-0.1, -0.05) is 37.3 Å². The zero-order valence-electron chi connectivity index (χ0n) is 13.8. The average molecular weight is 314 g/mol. The van der Waals surface area contributed by atoms with Crippen LogP contribution < -0.4 is 11.2 Å². The second kappa shape index (κ2) is 7.58. The fourth-order valence-electron chi connectivity index (χ4n) is 2.23. The van der Waals surface area contributed by atoms with Crippen molar-refractivity contribution >= 4 is 12.2 Å². The minimum atomic E-state index is -0.325. The summed E-state index contributed by atoms with van der Waals surface area (Å²) in [5.41, 5.74) is 0.346. The first kappa shape index (κ1) is 16.7. The van der Waals surface area contributed by atoms with E-state index in [1.165, 1.54) is 15.2 Å². The van der Waals surface area contributed by atoms with Crippen molar-refractivity contribution in [3.05, 3.63) is 62.8 Å². The van der Waals surface area contributed by atoms with E-state index < -0.39 is 0 Å². The largest absolute Gasteiger partial charge is 0.369 e. The predicted molar refractivity (Wildman–Crippen MR) is 92.6 cm³/mol. The van der Waals surface area contributed by atoms with Crippen LogP contribution in [0.2, 0.25) is 0 Å². The summed E-state index contributed by atoms with van der Waals surface area (Å²) in [6.07, 6.45) is 2.31. The summed E-state index contributed by atoms with van der Waals surface area (Å²) < 4.78 is 2.80. The Kier molecular flexibility index (Phi) is 5.51. The first-order valence-corrected chi connectivity index (χ1v) is 7.62. The van der Waals surface area contributed by atoms with Crippen LogP contribution in [-0.4, -0.2) is 34.5 Å². The quantitative estimate of drug-likeness (QED) is 0.602. The van der Waals surface area contributed by atoms with Gasteiger partial charge >= 0.3 is 5.69 Å². The Bertz CT molecular complexity index is 788. The van der Waals surface area contributed by atoms with Crippen LogP contribution in [0.25, 0.3) is 0 Å². The van der Waals surface area contributed by atoms with E-state index in [0.29, 0.717) is 18.9 Å². The van der Waals surface area contributed by atoms with Crippen LogP contribution in [0.4, 0.5) is 5.82 Å². The van der Waals surface area contributed by atoms with Gasteiger partial charge in [-0.15, -0.1) is 0 Å². The van der Waals surface area contributed by atoms with E-state index >= 15 is 0 Å². The maximum absolute atomic E-state index is 12.7. The van der Waals surface area contributed by atoms with Crippen molar-refractivity contribution in [2.24, 2.45) is 4.99 Å². The Morgan fingerprint density at radius 3 is 2.43 bits per heavy atom. The van der Waals surface area contributed by atoms with E-state index in [2.05, 4.69) is 4.99 Å². The maximum Gasteiger partial charge on any atom is 0.332 e. The van der Waals surface area contributed by atoms with Crippen molar-refractivity contribution in [2.45, 2.75) is 26.4 Å². The van der Waals surface area contributed by atoms with Crippen LogP contribution in [0, 0.1) is 0 Å². The molecule has 122 valence electrons. The minimum Gasteiger partial charge on any atom is -0.369 e. The molecule has 0 aliphatic heterocycles. The molecule has 0 bridgehead atoms. The molecule has 23 heavy (non-hydrogen) atoms. The van der Waals surface area contributed by atoms with Crippen molar-refractivity contribution in [3.8, 4) is 0 Å². The zero-order chi connectivity index (χ0) is 16.8. The van der Waals surface area contributed by atoms with Crippen LogP contribution >= 0.6 is 0 Å². The third-order valence-electron chi connectivity index (χ3n) is 3.31. The number of benzene rings is 1. The summed E-state index contributed by atoms with van der Waals surface area (Å²) in [4.78, 5) is 30.9. The lowest BCUT2D eigenvalue weighted by Crippen LogP contribution is -2.39. The molecule has 0 fully saturated rings. The molecular weight excluding hydrogens is 292 g/mol. The van der Waals surface area contributed by atoms with E-state index in [-0.39, 0.29) is 11.2 Å². The Morgan fingerprint density at radius 1 is 1.13 bits per heavy atom. The molecule has 1 aromatic carbocycles. The maximum atomic E-state index is 12.7. The monoisotopic (exact) mass is 314 g/mol. The van der Waals surface area contributed by atoms with E-state index in [9.17, 15) is 9.59 Å². The molecule has 2 aromatic rings. The Balaban J connectivity index is 2.57. The molecule has 0 aliphatic rings. The number of hydrogen-bond donors (Lipinski definition) is 0. The van der Waals surface area contributed by atoms with Gasteiger partial charge in [-0.3, -0.25) is 13.9 Å². The number of rotatable bonds is 6. The molecule has 0 N–H and O–H groups in total. The van der Waals surface area contributed by atoms with E-state index in [1.807, 2.05) is 51.4 Å². The van der Waals surface area contributed by atoms with Crippen molar-refractivity contribution < 1.29 is 0 Å². The normalized spacial score (nSPS) is 11.1. The lowest BCUT2D eigenvalue weighted by Gasteiger charge is -2.13. The van der Waals surface area contributed by atoms with Gasteiger partial charge in [0.15, 0.2) is 0 Å². The number of aliphatic imine (C=N–C) groups is 1. The summed E-state index contributed by atoms with van der Waals surface area (Å²) in [7, 11) is 3.67. The fraction of sp³-hybridized carbons (Fsp3) is 0.353. The van der Waals surface area contributed by atoms with Crippen LogP contribution in [0.3, 0.4) is 0 Å². The zero-order valence-corrected chi connectivity index (χ0v) is 13.8. The molecule has 6 nitrogen and oxygen atoms in total. The molecule has 0 atom stereocenters. The topological polar surface area (TPSA) is 59.6 Å². The highest BCUT2D eigenvalue weighted by molar-refractivity contribution is 5.59. The van der Waals surface area contributed by atoms with Gasteiger partial charge in [0.1, 0.15) is 5.82 Å². The molecule has 0 saturated heterocycles. The van der Waals surface area contributed by atoms with E-state index in [0.717, 1.165) is 12.0 Å². The molecule has 0 amide bonds. The summed E-state index contributed by atoms with van der Waals surface area (Å²) in [6.45, 7) is 2.72. The average Bonchev–Trinajstić information content (AvgIpc) is 2.53. The first-order chi connectivity index (χ1) is 11.0. The van der Waals surface area contributed by atoms with Gasteiger partial charge < -0.3 is 4.90 Å². The van der Waals surface area contributed by atoms with Gasteiger partial charge in [0.2, 0.25) is 0 Å². The van der Waals surface area contributed by atoms with E-state index in [4.69, 9.17) is 0 Å². The standard InChI is InChI=1S/C17H22N4O2/c1-4-10-20-16(22)11-15(18-13-19(2)3)21(17(20)23)12-14-8-6-5-7-9-14/h5-9,11,13H,4,10,12H2,1-3H3/b18-13-. The summed E-state index contributed by atoms with van der Waals surface area (Å²) in [6, 6.07) is 11.1. The molecule has 0 unspecified atom stereocenters. The van der Waals surface area contributed by atoms with E-state index in [1.54, 1.807) is 11.2 Å². The smallest absolute Gasteiger partial charge is 0.332 e. The SMILES string of the molecule is CCCn1c(=O)cc(/N=C\N(C)C)n(Cc2ccccc2)c1=O. The van der Waals surface area contributed by atoms with Crippen molar-refractivity contribution in [1.82, 2.24) is 14.0 Å². The van der Waals surface area contributed by atoms with Crippen LogP contribution in [-0.2, 0) is 13.1 Å². The lowest BCUT2D eigenvalue weighted by molar-refractivity contribution is 0.567. The second-order valence-electron chi connectivity index (χ2n) is 5.55. The summed E-state index contributed by atoms with van der Waals surface area (Å²) >= 11 is 0. The van der Waals surface area contributed by atoms with Crippen LogP contribution in [0.5, 0.6) is 0 Å². The third-order valence-corrected chi connectivity index (χ3v) is 3.31. The van der Waals surface area contributed by atoms with Gasteiger partial charge in [-0.2, -0.15) is 0 Å². The Morgan fingerprint density at radius 2 is 1.83 bits per heavy atom. The molecule has 2 rings (SSSR count). The second-order valence-corrected chi connectivity index (χ2v) is 5.55. The van der Waals surface area contributed by atoms with Crippen LogP contribution in [0.15, 0.2) is 51.0 Å². The Hall–Kier alpha value is -2.63. The predicted octanol–water partition coefficient (Wildman–Crippen LogP) is 1.69. The van der Waals surface area contributed by atoms with Crippen molar-refractivity contribution in [1.29, 1.82) is 0 Å². The highest BCUT2D eigenvalue weighted by Gasteiger charge is 2.11. The van der Waals surface area contributed by atoms with Crippen LogP contribution in [0.1, 0.15) is 18.9 Å². The van der Waals surface area contributed by atoms with Gasteiger partial charge in [-0.05, 0) is 12.0 Å². The molecule has 0 radical (unpaired) electrons. The van der Waals surface area contributed by atoms with Crippen molar-refractivity contribution in [3.63, 3.8) is 0 Å². The first-order valence-electron chi connectivity index (χ1n) is 7.62. The number of aromatic nitrogens is 2. The highest BCUT2D eigenvalue weighted by Crippen LogP contribution is 2.10. The molecule has 1 heterocycles. The molecular formula is C17H22N4O2. The summed E-state index contributed by atoms with van der Waals surface area (Å²) in [5.74, 6) is 0.366. The fourth-order valence-corrected chi connectivity index (χ4v) is 2.23. The Labute approximate surface area is 135 Å². The molecule has 0 saturated carbocycles. The summed E-state index contributed by atoms with van der Waals surface area (Å²) in [5, 5.41) is 0. The number of nitrogens with zero attached hydrogens (tertiary/aromatic N) is 4. The van der Waals surface area contributed by atoms with Gasteiger partial charge in [0, 0.05) is 26.7 Å². The van der Waals surface area contributed by atoms with Crippen molar-refractivity contribution in [2.75, 3.05) is 14.1 Å². The lowest BCUT2D eigenvalue weighted by atomic mass is 10.2. The number of hydrogen-bond acceptors (Lipinski definition) is 3. The van der Waals surface area contributed by atoms with Gasteiger partial charge in [0.05, 0.1) is 12.9 Å². The molecule has 0 spiro atoms.